The molecule has 122 valence electrons. The molecule has 6 heteroatoms. The number of methoxy groups -OCH3 is 1. The Labute approximate surface area is 126 Å². The maximum atomic E-state index is 12.0. The third-order valence-corrected chi connectivity index (χ3v) is 3.49. The number of likely N-dealkylation sites (tertiary alicyclic amines) is 1. The first-order valence-electron chi connectivity index (χ1n) is 7.46. The number of amides is 1. The Balaban J connectivity index is 2.42. The van der Waals surface area contributed by atoms with Gasteiger partial charge in [0.2, 0.25) is 0 Å². The van der Waals surface area contributed by atoms with Crippen LogP contribution in [0.25, 0.3) is 0 Å². The lowest BCUT2D eigenvalue weighted by molar-refractivity contribution is -0.150. The predicted molar refractivity (Wildman–Crippen MR) is 77.8 cm³/mol. The molecule has 0 aromatic carbocycles. The van der Waals surface area contributed by atoms with Gasteiger partial charge in [0.15, 0.2) is 6.10 Å². The van der Waals surface area contributed by atoms with Crippen molar-refractivity contribution in [2.75, 3.05) is 20.2 Å². The molecule has 0 saturated carbocycles. The number of esters is 1. The van der Waals surface area contributed by atoms with Gasteiger partial charge in [-0.25, -0.2) is 9.59 Å². The SMILES string of the molecule is COC(=O)C(O)CCC1CCCN(C(=O)OC(C)(C)C)C1. The van der Waals surface area contributed by atoms with E-state index in [1.54, 1.807) is 4.90 Å². The third kappa shape index (κ3) is 6.33. The predicted octanol–water partition coefficient (Wildman–Crippen LogP) is 1.95. The van der Waals surface area contributed by atoms with Crippen LogP contribution in [0.1, 0.15) is 46.5 Å². The van der Waals surface area contributed by atoms with Gasteiger partial charge in [0.25, 0.3) is 0 Å². The Hall–Kier alpha value is -1.30. The van der Waals surface area contributed by atoms with E-state index in [2.05, 4.69) is 4.74 Å². The minimum atomic E-state index is -1.08. The van der Waals surface area contributed by atoms with Crippen molar-refractivity contribution >= 4 is 12.1 Å². The summed E-state index contributed by atoms with van der Waals surface area (Å²) >= 11 is 0. The molecule has 0 bridgehead atoms. The number of aliphatic hydroxyl groups is 1. The van der Waals surface area contributed by atoms with E-state index in [0.29, 0.717) is 25.9 Å². The van der Waals surface area contributed by atoms with E-state index >= 15 is 0 Å². The van der Waals surface area contributed by atoms with Crippen molar-refractivity contribution in [3.8, 4) is 0 Å². The topological polar surface area (TPSA) is 76.1 Å². The summed E-state index contributed by atoms with van der Waals surface area (Å²) in [5.74, 6) is -0.319. The number of ether oxygens (including phenoxy) is 2. The second-order valence-electron chi connectivity index (χ2n) is 6.55. The average molecular weight is 301 g/mol. The lowest BCUT2D eigenvalue weighted by atomic mass is 9.92. The van der Waals surface area contributed by atoms with Crippen LogP contribution in [0.2, 0.25) is 0 Å². The van der Waals surface area contributed by atoms with E-state index < -0.39 is 17.7 Å². The first-order valence-corrected chi connectivity index (χ1v) is 7.46. The van der Waals surface area contributed by atoms with Crippen molar-refractivity contribution in [1.29, 1.82) is 0 Å². The fraction of sp³-hybridized carbons (Fsp3) is 0.867. The van der Waals surface area contributed by atoms with Gasteiger partial charge in [-0.2, -0.15) is 0 Å². The molecule has 1 aliphatic rings. The van der Waals surface area contributed by atoms with Crippen LogP contribution in [0.5, 0.6) is 0 Å². The highest BCUT2D eigenvalue weighted by molar-refractivity contribution is 5.74. The van der Waals surface area contributed by atoms with Crippen molar-refractivity contribution in [3.63, 3.8) is 0 Å². The fourth-order valence-corrected chi connectivity index (χ4v) is 2.44. The van der Waals surface area contributed by atoms with Gasteiger partial charge in [0.05, 0.1) is 7.11 Å². The average Bonchev–Trinajstić information content (AvgIpc) is 2.42. The van der Waals surface area contributed by atoms with E-state index in [9.17, 15) is 14.7 Å². The van der Waals surface area contributed by atoms with Crippen LogP contribution >= 0.6 is 0 Å². The van der Waals surface area contributed by atoms with Crippen molar-refractivity contribution in [3.05, 3.63) is 0 Å². The molecule has 6 nitrogen and oxygen atoms in total. The number of piperidine rings is 1. The second-order valence-corrected chi connectivity index (χ2v) is 6.55. The van der Waals surface area contributed by atoms with Gasteiger partial charge in [-0.3, -0.25) is 0 Å². The van der Waals surface area contributed by atoms with Crippen molar-refractivity contribution in [2.45, 2.75) is 58.2 Å². The summed E-state index contributed by atoms with van der Waals surface area (Å²) in [7, 11) is 1.26. The molecule has 1 aliphatic heterocycles. The summed E-state index contributed by atoms with van der Waals surface area (Å²) < 4.78 is 9.86. The van der Waals surface area contributed by atoms with Crippen LogP contribution in [0.3, 0.4) is 0 Å². The molecule has 1 rings (SSSR count). The fourth-order valence-electron chi connectivity index (χ4n) is 2.44. The molecule has 1 N–H and O–H groups in total. The standard InChI is InChI=1S/C15H27NO5/c1-15(2,3)21-14(19)16-9-5-6-11(10-16)7-8-12(17)13(18)20-4/h11-12,17H,5-10H2,1-4H3. The van der Waals surface area contributed by atoms with Crippen LogP contribution in [-0.2, 0) is 14.3 Å². The molecule has 0 spiro atoms. The number of carbonyl (C=O) groups excluding carboxylic acids is 2. The molecule has 21 heavy (non-hydrogen) atoms. The highest BCUT2D eigenvalue weighted by Gasteiger charge is 2.28. The molecule has 0 aromatic rings. The number of rotatable bonds is 4. The monoisotopic (exact) mass is 301 g/mol. The first-order chi connectivity index (χ1) is 9.73. The zero-order valence-corrected chi connectivity index (χ0v) is 13.4. The molecule has 1 saturated heterocycles. The van der Waals surface area contributed by atoms with E-state index in [1.165, 1.54) is 7.11 Å². The molecule has 2 atom stereocenters. The Kier molecular flexibility index (Phi) is 6.45. The molecular weight excluding hydrogens is 274 g/mol. The third-order valence-electron chi connectivity index (χ3n) is 3.49. The molecular formula is C15H27NO5. The zero-order valence-electron chi connectivity index (χ0n) is 13.4. The Morgan fingerprint density at radius 2 is 2.05 bits per heavy atom. The molecule has 1 fully saturated rings. The van der Waals surface area contributed by atoms with Gasteiger partial charge in [-0.05, 0) is 52.4 Å². The maximum absolute atomic E-state index is 12.0. The molecule has 0 radical (unpaired) electrons. The van der Waals surface area contributed by atoms with Crippen molar-refractivity contribution in [1.82, 2.24) is 4.90 Å². The zero-order chi connectivity index (χ0) is 16.0. The Morgan fingerprint density at radius 3 is 2.62 bits per heavy atom. The summed E-state index contributed by atoms with van der Waals surface area (Å²) in [6.45, 7) is 6.85. The van der Waals surface area contributed by atoms with Gasteiger partial charge >= 0.3 is 12.1 Å². The van der Waals surface area contributed by atoms with Crippen LogP contribution in [0, 0.1) is 5.92 Å². The van der Waals surface area contributed by atoms with Gasteiger partial charge in [-0.1, -0.05) is 0 Å². The van der Waals surface area contributed by atoms with Crippen molar-refractivity contribution < 1.29 is 24.2 Å². The Bertz CT molecular complexity index is 364. The van der Waals surface area contributed by atoms with E-state index in [-0.39, 0.29) is 12.0 Å². The first kappa shape index (κ1) is 17.8. The molecule has 0 aliphatic carbocycles. The minimum absolute atomic E-state index is 0.283. The summed E-state index contributed by atoms with van der Waals surface area (Å²) in [6.07, 6.45) is 1.59. The normalized spacial score (nSPS) is 20.8. The lowest BCUT2D eigenvalue weighted by Crippen LogP contribution is -2.43. The highest BCUT2D eigenvalue weighted by atomic mass is 16.6. The summed E-state index contributed by atoms with van der Waals surface area (Å²) in [6, 6.07) is 0. The summed E-state index contributed by atoms with van der Waals surface area (Å²) in [5, 5.41) is 9.60. The van der Waals surface area contributed by atoms with Gasteiger partial charge in [-0.15, -0.1) is 0 Å². The molecule has 0 aromatic heterocycles. The number of aliphatic hydroxyl groups excluding tert-OH is 1. The summed E-state index contributed by atoms with van der Waals surface area (Å²) in [4.78, 5) is 24.9. The van der Waals surface area contributed by atoms with Crippen LogP contribution < -0.4 is 0 Å². The second kappa shape index (κ2) is 7.64. The quantitative estimate of drug-likeness (QED) is 0.803. The van der Waals surface area contributed by atoms with Gasteiger partial charge in [0, 0.05) is 13.1 Å². The van der Waals surface area contributed by atoms with Crippen molar-refractivity contribution in [2.24, 2.45) is 5.92 Å². The summed E-state index contributed by atoms with van der Waals surface area (Å²) in [5.41, 5.74) is -0.495. The van der Waals surface area contributed by atoms with Crippen LogP contribution in [0.4, 0.5) is 4.79 Å². The smallest absolute Gasteiger partial charge is 0.410 e. The number of carbonyl (C=O) groups is 2. The van der Waals surface area contributed by atoms with Gasteiger partial charge in [0.1, 0.15) is 5.60 Å². The van der Waals surface area contributed by atoms with Gasteiger partial charge < -0.3 is 19.5 Å². The van der Waals surface area contributed by atoms with E-state index in [1.807, 2.05) is 20.8 Å². The van der Waals surface area contributed by atoms with E-state index in [0.717, 1.165) is 12.8 Å². The van der Waals surface area contributed by atoms with Crippen LogP contribution in [-0.4, -0.2) is 54.0 Å². The highest BCUT2D eigenvalue weighted by Crippen LogP contribution is 2.23. The van der Waals surface area contributed by atoms with E-state index in [4.69, 9.17) is 4.74 Å². The number of nitrogens with zero attached hydrogens (tertiary/aromatic N) is 1. The molecule has 2 unspecified atom stereocenters. The largest absolute Gasteiger partial charge is 0.467 e. The maximum Gasteiger partial charge on any atom is 0.410 e. The van der Waals surface area contributed by atoms with Crippen LogP contribution in [0.15, 0.2) is 0 Å². The molecule has 1 amide bonds. The molecule has 1 heterocycles. The lowest BCUT2D eigenvalue weighted by Gasteiger charge is -2.34. The Morgan fingerprint density at radius 1 is 1.38 bits per heavy atom. The number of hydrogen-bond donors (Lipinski definition) is 1. The minimum Gasteiger partial charge on any atom is -0.467 e. The number of hydrogen-bond acceptors (Lipinski definition) is 5.